The van der Waals surface area contributed by atoms with Crippen LogP contribution in [0.3, 0.4) is 0 Å². The van der Waals surface area contributed by atoms with Crippen LogP contribution in [0.2, 0.25) is 0 Å². The molecule has 0 radical (unpaired) electrons. The molecule has 0 aliphatic heterocycles. The van der Waals surface area contributed by atoms with Gasteiger partial charge in [-0.15, -0.1) is 0 Å². The summed E-state index contributed by atoms with van der Waals surface area (Å²) in [6.45, 7) is 1.93. The molecule has 7 nitrogen and oxygen atoms in total. The molecular weight excluding hydrogens is 264 g/mol. The first-order valence-electron chi connectivity index (χ1n) is 4.81. The molecule has 1 aromatic rings. The van der Waals surface area contributed by atoms with Crippen molar-refractivity contribution in [1.82, 2.24) is 10.3 Å². The molecule has 17 heavy (non-hydrogen) atoms. The Morgan fingerprint density at radius 3 is 2.65 bits per heavy atom. The molecular formula is C8H14N4O3S2. The van der Waals surface area contributed by atoms with Gasteiger partial charge in [0.25, 0.3) is 5.91 Å². The summed E-state index contributed by atoms with van der Waals surface area (Å²) in [4.78, 5) is 16.0. The molecule has 1 rings (SSSR count). The lowest BCUT2D eigenvalue weighted by atomic mass is 10.3. The number of anilines is 1. The predicted molar refractivity (Wildman–Crippen MR) is 66.2 cm³/mol. The average Bonchev–Trinajstić information content (AvgIpc) is 2.51. The van der Waals surface area contributed by atoms with E-state index in [1.165, 1.54) is 0 Å². The number of rotatable bonds is 5. The van der Waals surface area contributed by atoms with Gasteiger partial charge in [-0.1, -0.05) is 11.3 Å². The van der Waals surface area contributed by atoms with Crippen molar-refractivity contribution >= 4 is 32.4 Å². The van der Waals surface area contributed by atoms with Gasteiger partial charge in [0.2, 0.25) is 10.0 Å². The zero-order chi connectivity index (χ0) is 13.1. The van der Waals surface area contributed by atoms with E-state index in [9.17, 15) is 13.2 Å². The van der Waals surface area contributed by atoms with Crippen molar-refractivity contribution in [3.63, 3.8) is 0 Å². The van der Waals surface area contributed by atoms with Crippen molar-refractivity contribution in [1.29, 1.82) is 0 Å². The highest BCUT2D eigenvalue weighted by atomic mass is 32.2. The molecule has 1 amide bonds. The number of sulfonamides is 1. The Morgan fingerprint density at radius 1 is 1.53 bits per heavy atom. The van der Waals surface area contributed by atoms with Crippen LogP contribution in [-0.2, 0) is 10.0 Å². The van der Waals surface area contributed by atoms with Crippen LogP contribution in [-0.4, -0.2) is 31.6 Å². The number of nitrogens with one attached hydrogen (secondary N) is 1. The SMILES string of the molecule is Cc1nc(N)sc1C(=O)NCCCS(N)(=O)=O. The number of carbonyl (C=O) groups excluding carboxylic acids is 1. The fourth-order valence-corrected chi connectivity index (χ4v) is 2.48. The summed E-state index contributed by atoms with van der Waals surface area (Å²) < 4.78 is 21.3. The summed E-state index contributed by atoms with van der Waals surface area (Å²) in [5.74, 6) is -0.456. The lowest BCUT2D eigenvalue weighted by molar-refractivity contribution is 0.0957. The van der Waals surface area contributed by atoms with Gasteiger partial charge in [-0.3, -0.25) is 4.79 Å². The van der Waals surface area contributed by atoms with Crippen molar-refractivity contribution in [2.75, 3.05) is 18.0 Å². The normalized spacial score (nSPS) is 11.4. The highest BCUT2D eigenvalue weighted by molar-refractivity contribution is 7.89. The second-order valence-corrected chi connectivity index (χ2v) is 6.21. The topological polar surface area (TPSA) is 128 Å². The molecule has 0 aliphatic carbocycles. The number of nitrogen functional groups attached to an aromatic ring is 1. The van der Waals surface area contributed by atoms with Crippen LogP contribution in [0.1, 0.15) is 21.8 Å². The Bertz CT molecular complexity index is 509. The lowest BCUT2D eigenvalue weighted by Crippen LogP contribution is -2.27. The first-order valence-corrected chi connectivity index (χ1v) is 7.34. The molecule has 1 aromatic heterocycles. The van der Waals surface area contributed by atoms with E-state index in [1.807, 2.05) is 0 Å². The Morgan fingerprint density at radius 2 is 2.18 bits per heavy atom. The molecule has 5 N–H and O–H groups in total. The number of hydrogen-bond donors (Lipinski definition) is 3. The molecule has 1 heterocycles. The third-order valence-electron chi connectivity index (χ3n) is 1.91. The maximum atomic E-state index is 11.6. The van der Waals surface area contributed by atoms with Gasteiger partial charge >= 0.3 is 0 Å². The van der Waals surface area contributed by atoms with Gasteiger partial charge in [0.1, 0.15) is 4.88 Å². The minimum atomic E-state index is -3.47. The fraction of sp³-hybridized carbons (Fsp3) is 0.500. The monoisotopic (exact) mass is 278 g/mol. The molecule has 0 aromatic carbocycles. The summed E-state index contributed by atoms with van der Waals surface area (Å²) in [5.41, 5.74) is 6.03. The maximum Gasteiger partial charge on any atom is 0.263 e. The molecule has 9 heteroatoms. The smallest absolute Gasteiger partial charge is 0.263 e. The molecule has 0 spiro atoms. The van der Waals surface area contributed by atoms with Crippen molar-refractivity contribution in [2.45, 2.75) is 13.3 Å². The standard InChI is InChI=1S/C8H14N4O3S2/c1-5-6(16-8(9)12-5)7(13)11-3-2-4-17(10,14)15/h2-4H2,1H3,(H2,9,12)(H,11,13)(H2,10,14,15). The van der Waals surface area contributed by atoms with Crippen LogP contribution in [0.25, 0.3) is 0 Å². The van der Waals surface area contributed by atoms with Gasteiger partial charge in [0.05, 0.1) is 11.4 Å². The second kappa shape index (κ2) is 5.43. The van der Waals surface area contributed by atoms with Gasteiger partial charge < -0.3 is 11.1 Å². The van der Waals surface area contributed by atoms with E-state index in [-0.39, 0.29) is 24.6 Å². The average molecular weight is 278 g/mol. The first kappa shape index (κ1) is 13.9. The number of hydrogen-bond acceptors (Lipinski definition) is 6. The highest BCUT2D eigenvalue weighted by Crippen LogP contribution is 2.19. The number of nitrogens with zero attached hydrogens (tertiary/aromatic N) is 1. The lowest BCUT2D eigenvalue weighted by Gasteiger charge is -2.02. The summed E-state index contributed by atoms with van der Waals surface area (Å²) in [6, 6.07) is 0. The van der Waals surface area contributed by atoms with Crippen molar-refractivity contribution in [2.24, 2.45) is 5.14 Å². The van der Waals surface area contributed by atoms with E-state index in [1.54, 1.807) is 6.92 Å². The molecule has 0 bridgehead atoms. The van der Waals surface area contributed by atoms with Gasteiger partial charge in [0, 0.05) is 6.54 Å². The Labute approximate surface area is 103 Å². The van der Waals surface area contributed by atoms with Gasteiger partial charge in [-0.25, -0.2) is 18.5 Å². The molecule has 0 saturated heterocycles. The first-order chi connectivity index (χ1) is 7.79. The van der Waals surface area contributed by atoms with Gasteiger partial charge in [0.15, 0.2) is 5.13 Å². The molecule has 0 aliphatic rings. The van der Waals surface area contributed by atoms with E-state index in [2.05, 4.69) is 10.3 Å². The van der Waals surface area contributed by atoms with Crippen LogP contribution < -0.4 is 16.2 Å². The van der Waals surface area contributed by atoms with Crippen LogP contribution in [0.4, 0.5) is 5.13 Å². The van der Waals surface area contributed by atoms with E-state index >= 15 is 0 Å². The second-order valence-electron chi connectivity index (χ2n) is 3.44. The van der Waals surface area contributed by atoms with Gasteiger partial charge in [-0.05, 0) is 13.3 Å². The Kier molecular flexibility index (Phi) is 4.43. The number of carbonyl (C=O) groups is 1. The number of amides is 1. The largest absolute Gasteiger partial charge is 0.375 e. The van der Waals surface area contributed by atoms with E-state index in [0.29, 0.717) is 15.7 Å². The van der Waals surface area contributed by atoms with Gasteiger partial charge in [-0.2, -0.15) is 0 Å². The predicted octanol–water partition coefficient (Wildman–Crippen LogP) is -0.558. The number of nitrogens with two attached hydrogens (primary N) is 2. The highest BCUT2D eigenvalue weighted by Gasteiger charge is 2.13. The number of thiazole rings is 1. The summed E-state index contributed by atoms with van der Waals surface area (Å²) in [5, 5.41) is 7.74. The molecule has 0 unspecified atom stereocenters. The summed E-state index contributed by atoms with van der Waals surface area (Å²) >= 11 is 1.10. The zero-order valence-corrected chi connectivity index (χ0v) is 10.9. The molecule has 0 atom stereocenters. The van der Waals surface area contributed by atoms with E-state index in [4.69, 9.17) is 10.9 Å². The quantitative estimate of drug-likeness (QED) is 0.622. The molecule has 96 valence electrons. The minimum Gasteiger partial charge on any atom is -0.375 e. The summed E-state index contributed by atoms with van der Waals surface area (Å²) in [7, 11) is -3.47. The van der Waals surface area contributed by atoms with Crippen molar-refractivity contribution < 1.29 is 13.2 Å². The molecule has 0 saturated carbocycles. The Balaban J connectivity index is 2.43. The zero-order valence-electron chi connectivity index (χ0n) is 9.26. The van der Waals surface area contributed by atoms with Crippen LogP contribution in [0.15, 0.2) is 0 Å². The number of aromatic nitrogens is 1. The number of aryl methyl sites for hydroxylation is 1. The summed E-state index contributed by atoms with van der Waals surface area (Å²) in [6.07, 6.45) is 0.276. The molecule has 0 fully saturated rings. The minimum absolute atomic E-state index is 0.156. The third-order valence-corrected chi connectivity index (χ3v) is 3.75. The van der Waals surface area contributed by atoms with Crippen LogP contribution >= 0.6 is 11.3 Å². The van der Waals surface area contributed by atoms with E-state index in [0.717, 1.165) is 11.3 Å². The van der Waals surface area contributed by atoms with E-state index < -0.39 is 10.0 Å². The Hall–Kier alpha value is -1.19. The van der Waals surface area contributed by atoms with Crippen molar-refractivity contribution in [3.8, 4) is 0 Å². The maximum absolute atomic E-state index is 11.6. The third kappa shape index (κ3) is 4.67. The van der Waals surface area contributed by atoms with Crippen LogP contribution in [0.5, 0.6) is 0 Å². The number of primary sulfonamides is 1. The van der Waals surface area contributed by atoms with Crippen LogP contribution in [0, 0.1) is 6.92 Å². The van der Waals surface area contributed by atoms with Crippen molar-refractivity contribution in [3.05, 3.63) is 10.6 Å². The fourth-order valence-electron chi connectivity index (χ4n) is 1.18.